The number of hydrogen-bond donors (Lipinski definition) is 1. The molecule has 1 amide bonds. The lowest BCUT2D eigenvalue weighted by atomic mass is 10.1. The zero-order chi connectivity index (χ0) is 22.3. The summed E-state index contributed by atoms with van der Waals surface area (Å²) in [6.07, 6.45) is 4.17. The highest BCUT2D eigenvalue weighted by Gasteiger charge is 2.33. The summed E-state index contributed by atoms with van der Waals surface area (Å²) in [5.41, 5.74) is 3.79. The Morgan fingerprint density at radius 1 is 0.969 bits per heavy atom. The number of thioether (sulfide) groups is 1. The molecule has 0 saturated carbocycles. The van der Waals surface area contributed by atoms with Gasteiger partial charge >= 0.3 is 0 Å². The molecule has 1 aliphatic heterocycles. The standard InChI is InChI=1S/C27H24N2O2S/c1-2-9-23-16-22(14-15-24(23)30)17-25-26(31)29(19-21-12-7-4-8-13-21)27(32-25)28-18-20-10-5-3-6-11-20/h2-8,10-17,30H,1,9,18-19H2/b25-17+,28-27?. The Bertz CT molecular complexity index is 1170. The van der Waals surface area contributed by atoms with E-state index in [0.717, 1.165) is 22.3 Å². The number of amides is 1. The van der Waals surface area contributed by atoms with Crippen LogP contribution in [0, 0.1) is 0 Å². The van der Waals surface area contributed by atoms with E-state index >= 15 is 0 Å². The van der Waals surface area contributed by atoms with Gasteiger partial charge in [0, 0.05) is 0 Å². The predicted molar refractivity (Wildman–Crippen MR) is 132 cm³/mol. The smallest absolute Gasteiger partial charge is 0.267 e. The first-order valence-electron chi connectivity index (χ1n) is 10.4. The van der Waals surface area contributed by atoms with Crippen molar-refractivity contribution in [1.29, 1.82) is 0 Å². The normalized spacial score (nSPS) is 16.1. The van der Waals surface area contributed by atoms with Crippen LogP contribution in [0.2, 0.25) is 0 Å². The minimum Gasteiger partial charge on any atom is -0.508 e. The summed E-state index contributed by atoms with van der Waals surface area (Å²) in [5.74, 6) is 0.164. The van der Waals surface area contributed by atoms with E-state index in [1.165, 1.54) is 11.8 Å². The molecule has 5 heteroatoms. The van der Waals surface area contributed by atoms with Gasteiger partial charge in [-0.1, -0.05) is 72.8 Å². The molecule has 1 fully saturated rings. The van der Waals surface area contributed by atoms with Crippen molar-refractivity contribution in [1.82, 2.24) is 4.90 Å². The summed E-state index contributed by atoms with van der Waals surface area (Å²) < 4.78 is 0. The molecule has 160 valence electrons. The first-order chi connectivity index (χ1) is 15.6. The highest BCUT2D eigenvalue weighted by atomic mass is 32.2. The van der Waals surface area contributed by atoms with E-state index < -0.39 is 0 Å². The molecule has 0 aromatic heterocycles. The summed E-state index contributed by atoms with van der Waals surface area (Å²) in [7, 11) is 0. The second-order valence-electron chi connectivity index (χ2n) is 7.45. The predicted octanol–water partition coefficient (Wildman–Crippen LogP) is 5.79. The third-order valence-electron chi connectivity index (χ3n) is 5.08. The lowest BCUT2D eigenvalue weighted by molar-refractivity contribution is -0.122. The van der Waals surface area contributed by atoms with Gasteiger partial charge in [-0.05, 0) is 58.6 Å². The van der Waals surface area contributed by atoms with Crippen molar-refractivity contribution in [3.63, 3.8) is 0 Å². The molecule has 1 saturated heterocycles. The second-order valence-corrected chi connectivity index (χ2v) is 8.46. The number of carbonyl (C=O) groups excluding carboxylic acids is 1. The van der Waals surface area contributed by atoms with Crippen LogP contribution in [0.15, 0.2) is 101 Å². The molecule has 1 N–H and O–H groups in total. The SMILES string of the molecule is C=CCc1cc(/C=C2/SC(=NCc3ccccc3)N(Cc3ccccc3)C2=O)ccc1O. The van der Waals surface area contributed by atoms with Gasteiger partial charge in [0.15, 0.2) is 5.17 Å². The van der Waals surface area contributed by atoms with Gasteiger partial charge in [-0.3, -0.25) is 14.7 Å². The molecule has 0 radical (unpaired) electrons. The van der Waals surface area contributed by atoms with Crippen LogP contribution < -0.4 is 0 Å². The number of phenolic OH excluding ortho intramolecular Hbond substituents is 1. The van der Waals surface area contributed by atoms with Gasteiger partial charge in [0.25, 0.3) is 5.91 Å². The van der Waals surface area contributed by atoms with Crippen LogP contribution in [0.1, 0.15) is 22.3 Å². The summed E-state index contributed by atoms with van der Waals surface area (Å²) in [5, 5.41) is 10.7. The number of aromatic hydroxyl groups is 1. The lowest BCUT2D eigenvalue weighted by Gasteiger charge is -2.15. The van der Waals surface area contributed by atoms with Crippen molar-refractivity contribution in [3.05, 3.63) is 119 Å². The number of amidine groups is 1. The molecular weight excluding hydrogens is 416 g/mol. The van der Waals surface area contributed by atoms with E-state index in [-0.39, 0.29) is 11.7 Å². The van der Waals surface area contributed by atoms with Crippen molar-refractivity contribution >= 4 is 28.9 Å². The number of carbonyl (C=O) groups is 1. The van der Waals surface area contributed by atoms with E-state index in [0.29, 0.717) is 29.6 Å². The summed E-state index contributed by atoms with van der Waals surface area (Å²) in [4.78, 5) is 20.4. The topological polar surface area (TPSA) is 52.9 Å². The summed E-state index contributed by atoms with van der Waals surface area (Å²) in [6.45, 7) is 4.72. The van der Waals surface area contributed by atoms with Crippen LogP contribution >= 0.6 is 11.8 Å². The van der Waals surface area contributed by atoms with Crippen LogP contribution in [0.3, 0.4) is 0 Å². The Hall–Kier alpha value is -3.57. The van der Waals surface area contributed by atoms with E-state index in [1.54, 1.807) is 17.0 Å². The Morgan fingerprint density at radius 3 is 2.34 bits per heavy atom. The van der Waals surface area contributed by atoms with Crippen molar-refractivity contribution in [2.45, 2.75) is 19.5 Å². The van der Waals surface area contributed by atoms with Gasteiger partial charge in [-0.25, -0.2) is 0 Å². The van der Waals surface area contributed by atoms with Gasteiger partial charge in [0.05, 0.1) is 18.0 Å². The Kier molecular flexibility index (Phi) is 6.87. The van der Waals surface area contributed by atoms with E-state index in [9.17, 15) is 9.90 Å². The Morgan fingerprint density at radius 2 is 1.66 bits per heavy atom. The van der Waals surface area contributed by atoms with Gasteiger partial charge in [0.1, 0.15) is 5.75 Å². The van der Waals surface area contributed by atoms with E-state index in [1.807, 2.05) is 78.9 Å². The fourth-order valence-corrected chi connectivity index (χ4v) is 4.42. The number of hydrogen-bond acceptors (Lipinski definition) is 4. The molecule has 0 unspecified atom stereocenters. The molecule has 3 aromatic carbocycles. The highest BCUT2D eigenvalue weighted by Crippen LogP contribution is 2.34. The molecule has 0 atom stereocenters. The van der Waals surface area contributed by atoms with Crippen LogP contribution in [-0.2, 0) is 24.3 Å². The maximum atomic E-state index is 13.3. The first-order valence-corrected chi connectivity index (χ1v) is 11.2. The first kappa shape index (κ1) is 21.7. The van der Waals surface area contributed by atoms with E-state index in [4.69, 9.17) is 4.99 Å². The molecule has 1 aliphatic rings. The number of aliphatic imine (C=N–C) groups is 1. The molecule has 0 aliphatic carbocycles. The fraction of sp³-hybridized carbons (Fsp3) is 0.111. The highest BCUT2D eigenvalue weighted by molar-refractivity contribution is 8.18. The molecule has 0 spiro atoms. The zero-order valence-electron chi connectivity index (χ0n) is 17.6. The number of allylic oxidation sites excluding steroid dienone is 1. The van der Waals surface area contributed by atoms with Gasteiger partial charge in [0.2, 0.25) is 0 Å². The molecular formula is C27H24N2O2S. The zero-order valence-corrected chi connectivity index (χ0v) is 18.5. The molecule has 0 bridgehead atoms. The monoisotopic (exact) mass is 440 g/mol. The third kappa shape index (κ3) is 5.18. The average molecular weight is 441 g/mol. The minimum absolute atomic E-state index is 0.0657. The van der Waals surface area contributed by atoms with Crippen LogP contribution in [0.25, 0.3) is 6.08 Å². The van der Waals surface area contributed by atoms with Crippen LogP contribution in [-0.4, -0.2) is 21.1 Å². The molecule has 4 rings (SSSR count). The van der Waals surface area contributed by atoms with Crippen LogP contribution in [0.4, 0.5) is 0 Å². The Balaban J connectivity index is 1.64. The quantitative estimate of drug-likeness (QED) is 0.373. The molecule has 4 nitrogen and oxygen atoms in total. The average Bonchev–Trinajstić information content (AvgIpc) is 3.10. The lowest BCUT2D eigenvalue weighted by Crippen LogP contribution is -2.28. The van der Waals surface area contributed by atoms with Crippen molar-refractivity contribution < 1.29 is 9.90 Å². The number of nitrogens with zero attached hydrogens (tertiary/aromatic N) is 2. The van der Waals surface area contributed by atoms with Crippen molar-refractivity contribution in [3.8, 4) is 5.75 Å². The molecule has 3 aromatic rings. The van der Waals surface area contributed by atoms with Gasteiger partial charge < -0.3 is 5.11 Å². The van der Waals surface area contributed by atoms with E-state index in [2.05, 4.69) is 6.58 Å². The maximum absolute atomic E-state index is 13.3. The Labute approximate surface area is 192 Å². The number of benzene rings is 3. The summed E-state index contributed by atoms with van der Waals surface area (Å²) in [6, 6.07) is 25.3. The maximum Gasteiger partial charge on any atom is 0.267 e. The largest absolute Gasteiger partial charge is 0.508 e. The van der Waals surface area contributed by atoms with Gasteiger partial charge in [-0.2, -0.15) is 0 Å². The van der Waals surface area contributed by atoms with Crippen molar-refractivity contribution in [2.24, 2.45) is 4.99 Å². The number of rotatable bonds is 7. The fourth-order valence-electron chi connectivity index (χ4n) is 3.44. The van der Waals surface area contributed by atoms with Crippen molar-refractivity contribution in [2.75, 3.05) is 0 Å². The summed E-state index contributed by atoms with van der Waals surface area (Å²) >= 11 is 1.39. The van der Waals surface area contributed by atoms with Gasteiger partial charge in [-0.15, -0.1) is 6.58 Å². The number of phenols is 1. The molecule has 1 heterocycles. The second kappa shape index (κ2) is 10.2. The third-order valence-corrected chi connectivity index (χ3v) is 6.12. The minimum atomic E-state index is -0.0657. The molecule has 32 heavy (non-hydrogen) atoms. The van der Waals surface area contributed by atoms with Crippen LogP contribution in [0.5, 0.6) is 5.75 Å².